The molecule has 94 valence electrons. The lowest BCUT2D eigenvalue weighted by atomic mass is 10.2. The van der Waals surface area contributed by atoms with Crippen LogP contribution in [0.1, 0.15) is 16.2 Å². The topological polar surface area (TPSA) is 85.8 Å². The average molecular weight is 245 g/mol. The molecule has 0 radical (unpaired) electrons. The van der Waals surface area contributed by atoms with Gasteiger partial charge in [-0.2, -0.15) is 5.10 Å². The van der Waals surface area contributed by atoms with E-state index in [2.05, 4.69) is 15.4 Å². The molecule has 2 aromatic rings. The molecule has 3 N–H and O–H groups in total. The van der Waals surface area contributed by atoms with Crippen molar-refractivity contribution in [3.63, 3.8) is 0 Å². The number of amides is 1. The normalized spacial score (nSPS) is 10.3. The van der Waals surface area contributed by atoms with Crippen LogP contribution in [0.5, 0.6) is 0 Å². The summed E-state index contributed by atoms with van der Waals surface area (Å²) in [5.41, 5.74) is 7.25. The third-order valence-corrected chi connectivity index (χ3v) is 2.47. The van der Waals surface area contributed by atoms with E-state index >= 15 is 0 Å². The predicted molar refractivity (Wildman–Crippen MR) is 67.9 cm³/mol. The predicted octanol–water partition coefficient (Wildman–Crippen LogP) is 0.370. The monoisotopic (exact) mass is 245 g/mol. The van der Waals surface area contributed by atoms with Crippen LogP contribution in [0.25, 0.3) is 0 Å². The van der Waals surface area contributed by atoms with Crippen LogP contribution in [-0.4, -0.2) is 27.2 Å². The van der Waals surface area contributed by atoms with E-state index in [9.17, 15) is 4.79 Å². The highest BCUT2D eigenvalue weighted by Crippen LogP contribution is 2.07. The van der Waals surface area contributed by atoms with Crippen molar-refractivity contribution in [3.8, 4) is 0 Å². The first-order valence-electron chi connectivity index (χ1n) is 5.64. The smallest absolute Gasteiger partial charge is 0.273 e. The van der Waals surface area contributed by atoms with Gasteiger partial charge in [-0.1, -0.05) is 6.07 Å². The van der Waals surface area contributed by atoms with Gasteiger partial charge in [0.25, 0.3) is 5.91 Å². The van der Waals surface area contributed by atoms with Crippen molar-refractivity contribution < 1.29 is 4.79 Å². The maximum absolute atomic E-state index is 11.8. The Hall–Kier alpha value is -2.37. The standard InChI is InChI=1S/C12H15N5O/c1-17-8-10(13)11(16-17)12(18)15-7-5-9-4-2-3-6-14-9/h2-4,6,8H,5,7,13H2,1H3,(H,15,18). The average Bonchev–Trinajstić information content (AvgIpc) is 2.70. The molecule has 2 aromatic heterocycles. The molecule has 0 spiro atoms. The van der Waals surface area contributed by atoms with Crippen molar-refractivity contribution in [1.29, 1.82) is 0 Å². The number of nitrogens with one attached hydrogen (secondary N) is 1. The summed E-state index contributed by atoms with van der Waals surface area (Å²) in [5, 5.41) is 6.77. The van der Waals surface area contributed by atoms with Gasteiger partial charge in [-0.05, 0) is 12.1 Å². The van der Waals surface area contributed by atoms with Gasteiger partial charge in [-0.15, -0.1) is 0 Å². The van der Waals surface area contributed by atoms with Gasteiger partial charge in [0.05, 0.1) is 5.69 Å². The van der Waals surface area contributed by atoms with Crippen molar-refractivity contribution in [1.82, 2.24) is 20.1 Å². The molecule has 1 amide bonds. The van der Waals surface area contributed by atoms with E-state index in [0.717, 1.165) is 5.69 Å². The molecule has 6 heteroatoms. The molecule has 0 aromatic carbocycles. The second kappa shape index (κ2) is 5.31. The van der Waals surface area contributed by atoms with Crippen LogP contribution in [0.15, 0.2) is 30.6 Å². The summed E-state index contributed by atoms with van der Waals surface area (Å²) < 4.78 is 1.52. The third-order valence-electron chi connectivity index (χ3n) is 2.47. The molecule has 0 atom stereocenters. The number of aryl methyl sites for hydroxylation is 1. The van der Waals surface area contributed by atoms with Crippen molar-refractivity contribution in [2.24, 2.45) is 7.05 Å². The summed E-state index contributed by atoms with van der Waals surface area (Å²) in [4.78, 5) is 16.0. The summed E-state index contributed by atoms with van der Waals surface area (Å²) >= 11 is 0. The van der Waals surface area contributed by atoms with Crippen LogP contribution in [-0.2, 0) is 13.5 Å². The van der Waals surface area contributed by atoms with Gasteiger partial charge < -0.3 is 11.1 Å². The Bertz CT molecular complexity index is 535. The Morgan fingerprint density at radius 3 is 2.94 bits per heavy atom. The van der Waals surface area contributed by atoms with Gasteiger partial charge in [0, 0.05) is 38.1 Å². The van der Waals surface area contributed by atoms with E-state index < -0.39 is 0 Å². The fourth-order valence-electron chi connectivity index (χ4n) is 1.62. The molecule has 0 unspecified atom stereocenters. The molecule has 0 fully saturated rings. The zero-order valence-corrected chi connectivity index (χ0v) is 10.1. The van der Waals surface area contributed by atoms with Gasteiger partial charge in [0.2, 0.25) is 0 Å². The Morgan fingerprint density at radius 2 is 2.33 bits per heavy atom. The maximum Gasteiger partial charge on any atom is 0.273 e. The minimum Gasteiger partial charge on any atom is -0.396 e. The molecule has 0 aliphatic carbocycles. The molecule has 18 heavy (non-hydrogen) atoms. The van der Waals surface area contributed by atoms with Crippen molar-refractivity contribution in [2.45, 2.75) is 6.42 Å². The number of pyridine rings is 1. The van der Waals surface area contributed by atoms with E-state index in [1.807, 2.05) is 18.2 Å². The van der Waals surface area contributed by atoms with Gasteiger partial charge in [0.1, 0.15) is 0 Å². The lowest BCUT2D eigenvalue weighted by Crippen LogP contribution is -2.27. The molecule has 0 bridgehead atoms. The van der Waals surface area contributed by atoms with Crippen LogP contribution in [0.4, 0.5) is 5.69 Å². The highest BCUT2D eigenvalue weighted by Gasteiger charge is 2.13. The molecule has 0 aliphatic heterocycles. The summed E-state index contributed by atoms with van der Waals surface area (Å²) in [6, 6.07) is 5.69. The molecule has 0 saturated heterocycles. The number of nitrogens with two attached hydrogens (primary N) is 1. The summed E-state index contributed by atoms with van der Waals surface area (Å²) in [6.45, 7) is 0.506. The quantitative estimate of drug-likeness (QED) is 0.814. The number of rotatable bonds is 4. The number of nitrogens with zero attached hydrogens (tertiary/aromatic N) is 3. The Morgan fingerprint density at radius 1 is 1.50 bits per heavy atom. The zero-order valence-electron chi connectivity index (χ0n) is 10.1. The number of carbonyl (C=O) groups is 1. The van der Waals surface area contributed by atoms with E-state index in [-0.39, 0.29) is 11.6 Å². The van der Waals surface area contributed by atoms with E-state index in [1.54, 1.807) is 19.4 Å². The first-order valence-corrected chi connectivity index (χ1v) is 5.64. The van der Waals surface area contributed by atoms with Crippen molar-refractivity contribution >= 4 is 11.6 Å². The molecule has 6 nitrogen and oxygen atoms in total. The zero-order chi connectivity index (χ0) is 13.0. The van der Waals surface area contributed by atoms with E-state index in [0.29, 0.717) is 18.7 Å². The summed E-state index contributed by atoms with van der Waals surface area (Å²) in [6.07, 6.45) is 4.01. The second-order valence-corrected chi connectivity index (χ2v) is 3.93. The maximum atomic E-state index is 11.8. The molecular formula is C12H15N5O. The second-order valence-electron chi connectivity index (χ2n) is 3.93. The SMILES string of the molecule is Cn1cc(N)c(C(=O)NCCc2ccccn2)n1. The Kier molecular flexibility index (Phi) is 3.57. The first-order chi connectivity index (χ1) is 8.66. The van der Waals surface area contributed by atoms with Gasteiger partial charge in [-0.25, -0.2) is 0 Å². The largest absolute Gasteiger partial charge is 0.396 e. The van der Waals surface area contributed by atoms with Crippen LogP contribution in [0, 0.1) is 0 Å². The minimum absolute atomic E-state index is 0.260. The first kappa shape index (κ1) is 12.1. The van der Waals surface area contributed by atoms with Crippen LogP contribution in [0.3, 0.4) is 0 Å². The van der Waals surface area contributed by atoms with Crippen molar-refractivity contribution in [3.05, 3.63) is 42.0 Å². The molecule has 2 rings (SSSR count). The van der Waals surface area contributed by atoms with Crippen LogP contribution in [0.2, 0.25) is 0 Å². The van der Waals surface area contributed by atoms with Gasteiger partial charge in [0.15, 0.2) is 5.69 Å². The van der Waals surface area contributed by atoms with Crippen molar-refractivity contribution in [2.75, 3.05) is 12.3 Å². The molecule has 0 saturated carbocycles. The molecule has 0 aliphatic rings. The van der Waals surface area contributed by atoms with E-state index in [1.165, 1.54) is 4.68 Å². The fraction of sp³-hybridized carbons (Fsp3) is 0.250. The number of aromatic nitrogens is 3. The van der Waals surface area contributed by atoms with Crippen LogP contribution < -0.4 is 11.1 Å². The number of nitrogen functional groups attached to an aromatic ring is 1. The third kappa shape index (κ3) is 2.85. The van der Waals surface area contributed by atoms with E-state index in [4.69, 9.17) is 5.73 Å². The summed E-state index contributed by atoms with van der Waals surface area (Å²) in [5.74, 6) is -0.260. The number of carbonyl (C=O) groups excluding carboxylic acids is 1. The highest BCUT2D eigenvalue weighted by atomic mass is 16.1. The fourth-order valence-corrected chi connectivity index (χ4v) is 1.62. The number of hydrogen-bond acceptors (Lipinski definition) is 4. The number of hydrogen-bond donors (Lipinski definition) is 2. The number of anilines is 1. The van der Waals surface area contributed by atoms with Gasteiger partial charge in [-0.3, -0.25) is 14.5 Å². The van der Waals surface area contributed by atoms with Gasteiger partial charge >= 0.3 is 0 Å². The minimum atomic E-state index is -0.260. The molecular weight excluding hydrogens is 230 g/mol. The summed E-state index contributed by atoms with van der Waals surface area (Å²) in [7, 11) is 1.72. The van der Waals surface area contributed by atoms with Crippen LogP contribution >= 0.6 is 0 Å². The highest BCUT2D eigenvalue weighted by molar-refractivity contribution is 5.96. The molecule has 2 heterocycles. The lowest BCUT2D eigenvalue weighted by Gasteiger charge is -2.03. The lowest BCUT2D eigenvalue weighted by molar-refractivity contribution is 0.0949. The Balaban J connectivity index is 1.87. The Labute approximate surface area is 105 Å².